The largest absolute Gasteiger partial charge is 0.394 e. The summed E-state index contributed by atoms with van der Waals surface area (Å²) in [5.74, 6) is -0.112. The van der Waals surface area contributed by atoms with E-state index in [0.29, 0.717) is 0 Å². The lowest BCUT2D eigenvalue weighted by Crippen LogP contribution is -2.36. The van der Waals surface area contributed by atoms with E-state index in [0.717, 1.165) is 15.6 Å². The fourth-order valence-electron chi connectivity index (χ4n) is 1.44. The third kappa shape index (κ3) is 3.38. The topological polar surface area (TPSA) is 62.2 Å². The molecule has 0 saturated heterocycles. The van der Waals surface area contributed by atoms with Crippen molar-refractivity contribution in [3.8, 4) is 9.88 Å². The van der Waals surface area contributed by atoms with Crippen molar-refractivity contribution in [2.24, 2.45) is 0 Å². The molecule has 0 aliphatic heterocycles. The summed E-state index contributed by atoms with van der Waals surface area (Å²) in [4.78, 5) is 17.2. The summed E-state index contributed by atoms with van der Waals surface area (Å²) >= 11 is 3.18. The number of hydrogen-bond acceptors (Lipinski definition) is 5. The van der Waals surface area contributed by atoms with Crippen molar-refractivity contribution in [2.45, 2.75) is 19.4 Å². The van der Waals surface area contributed by atoms with Crippen molar-refractivity contribution >= 4 is 28.6 Å². The molecule has 0 aromatic carbocycles. The number of carbonyl (C=O) groups is 1. The Labute approximate surface area is 113 Å². The molecule has 0 spiro atoms. The van der Waals surface area contributed by atoms with Crippen LogP contribution in [0.15, 0.2) is 22.9 Å². The van der Waals surface area contributed by atoms with E-state index >= 15 is 0 Å². The van der Waals surface area contributed by atoms with Gasteiger partial charge in [0.15, 0.2) is 0 Å². The Morgan fingerprint density at radius 2 is 2.39 bits per heavy atom. The predicted molar refractivity (Wildman–Crippen MR) is 73.8 cm³/mol. The molecule has 2 heterocycles. The second-order valence-electron chi connectivity index (χ2n) is 3.95. The highest BCUT2D eigenvalue weighted by molar-refractivity contribution is 7.20. The minimum Gasteiger partial charge on any atom is -0.394 e. The zero-order chi connectivity index (χ0) is 13.0. The number of thiazole rings is 1. The summed E-state index contributed by atoms with van der Waals surface area (Å²) in [5, 5.41) is 16.4. The summed E-state index contributed by atoms with van der Waals surface area (Å²) < 4.78 is 0. The molecule has 0 saturated carbocycles. The van der Waals surface area contributed by atoms with Gasteiger partial charge in [-0.15, -0.1) is 22.7 Å². The zero-order valence-corrected chi connectivity index (χ0v) is 11.6. The molecule has 1 atom stereocenters. The summed E-state index contributed by atoms with van der Waals surface area (Å²) in [7, 11) is 0. The second kappa shape index (κ2) is 6.08. The van der Waals surface area contributed by atoms with E-state index in [2.05, 4.69) is 10.3 Å². The molecule has 0 bridgehead atoms. The molecular weight excluding hydrogens is 268 g/mol. The van der Waals surface area contributed by atoms with Crippen LogP contribution in [0.5, 0.6) is 0 Å². The fraction of sp³-hybridized carbons (Fsp3) is 0.333. The van der Waals surface area contributed by atoms with E-state index in [1.54, 1.807) is 29.6 Å². The molecule has 2 aromatic heterocycles. The van der Waals surface area contributed by atoms with Gasteiger partial charge >= 0.3 is 0 Å². The van der Waals surface area contributed by atoms with Crippen molar-refractivity contribution < 1.29 is 9.90 Å². The second-order valence-corrected chi connectivity index (χ2v) is 5.76. The molecule has 6 heteroatoms. The zero-order valence-electron chi connectivity index (χ0n) is 9.92. The van der Waals surface area contributed by atoms with Crippen LogP contribution in [0, 0.1) is 0 Å². The summed E-state index contributed by atoms with van der Waals surface area (Å²) in [6.45, 7) is 1.71. The fourth-order valence-corrected chi connectivity index (χ4v) is 3.07. The Morgan fingerprint density at radius 3 is 3.06 bits per heavy atom. The maximum Gasteiger partial charge on any atom is 0.226 e. The molecule has 0 aliphatic rings. The number of amides is 1. The molecule has 1 unspecified atom stereocenters. The lowest BCUT2D eigenvalue weighted by atomic mass is 10.3. The smallest absolute Gasteiger partial charge is 0.226 e. The lowest BCUT2D eigenvalue weighted by molar-refractivity contribution is -0.121. The van der Waals surface area contributed by atoms with Gasteiger partial charge in [-0.2, -0.15) is 0 Å². The maximum atomic E-state index is 11.6. The number of rotatable bonds is 5. The molecule has 0 aliphatic carbocycles. The van der Waals surface area contributed by atoms with Crippen LogP contribution in [0.1, 0.15) is 12.6 Å². The molecule has 2 N–H and O–H groups in total. The van der Waals surface area contributed by atoms with Gasteiger partial charge in [-0.25, -0.2) is 4.98 Å². The highest BCUT2D eigenvalue weighted by Gasteiger charge is 2.11. The first-order valence-corrected chi connectivity index (χ1v) is 7.33. The number of aromatic nitrogens is 1. The molecule has 2 aromatic rings. The van der Waals surface area contributed by atoms with E-state index in [1.807, 2.05) is 22.9 Å². The Morgan fingerprint density at radius 1 is 1.56 bits per heavy atom. The summed E-state index contributed by atoms with van der Waals surface area (Å²) in [6.07, 6.45) is 0.256. The van der Waals surface area contributed by atoms with Crippen molar-refractivity contribution in [1.29, 1.82) is 0 Å². The highest BCUT2D eigenvalue weighted by Crippen LogP contribution is 2.27. The van der Waals surface area contributed by atoms with Gasteiger partial charge in [-0.3, -0.25) is 4.79 Å². The van der Waals surface area contributed by atoms with Crippen LogP contribution in [0.4, 0.5) is 0 Å². The number of carbonyl (C=O) groups excluding carboxylic acids is 1. The van der Waals surface area contributed by atoms with Crippen LogP contribution in [-0.2, 0) is 11.2 Å². The van der Waals surface area contributed by atoms with Crippen LogP contribution in [0.3, 0.4) is 0 Å². The molecule has 4 nitrogen and oxygen atoms in total. The third-order valence-corrected chi connectivity index (χ3v) is 4.24. The third-order valence-electron chi connectivity index (χ3n) is 2.31. The van der Waals surface area contributed by atoms with Crippen LogP contribution in [0.2, 0.25) is 0 Å². The molecule has 0 fully saturated rings. The van der Waals surface area contributed by atoms with Gasteiger partial charge in [0.25, 0.3) is 0 Å². The first-order chi connectivity index (χ1) is 8.69. The van der Waals surface area contributed by atoms with E-state index in [1.165, 1.54) is 0 Å². The van der Waals surface area contributed by atoms with Gasteiger partial charge in [0, 0.05) is 11.4 Å². The Bertz CT molecular complexity index is 508. The number of hydrogen-bond donors (Lipinski definition) is 2. The van der Waals surface area contributed by atoms with Gasteiger partial charge in [0.2, 0.25) is 5.91 Å². The SMILES string of the molecule is CC(CO)NC(=O)Cc1csc(-c2cccs2)n1. The lowest BCUT2D eigenvalue weighted by Gasteiger charge is -2.09. The summed E-state index contributed by atoms with van der Waals surface area (Å²) in [6, 6.07) is 3.78. The quantitative estimate of drug-likeness (QED) is 0.880. The average molecular weight is 282 g/mol. The van der Waals surface area contributed by atoms with E-state index in [-0.39, 0.29) is 25.0 Å². The first kappa shape index (κ1) is 13.2. The molecular formula is C12H14N2O2S2. The minimum atomic E-state index is -0.215. The van der Waals surface area contributed by atoms with E-state index in [4.69, 9.17) is 5.11 Å². The molecule has 2 rings (SSSR count). The van der Waals surface area contributed by atoms with Crippen molar-refractivity contribution in [3.05, 3.63) is 28.6 Å². The van der Waals surface area contributed by atoms with Crippen molar-refractivity contribution in [1.82, 2.24) is 10.3 Å². The van der Waals surface area contributed by atoms with Gasteiger partial charge in [-0.05, 0) is 18.4 Å². The normalized spacial score (nSPS) is 12.3. The van der Waals surface area contributed by atoms with Crippen LogP contribution in [-0.4, -0.2) is 28.6 Å². The van der Waals surface area contributed by atoms with Crippen molar-refractivity contribution in [3.63, 3.8) is 0 Å². The molecule has 1 amide bonds. The number of nitrogens with zero attached hydrogens (tertiary/aromatic N) is 1. The highest BCUT2D eigenvalue weighted by atomic mass is 32.1. The van der Waals surface area contributed by atoms with Crippen LogP contribution < -0.4 is 5.32 Å². The Hall–Kier alpha value is -1.24. The van der Waals surface area contributed by atoms with Gasteiger partial charge < -0.3 is 10.4 Å². The Kier molecular flexibility index (Phi) is 4.46. The van der Waals surface area contributed by atoms with Gasteiger partial charge in [0.1, 0.15) is 5.01 Å². The predicted octanol–water partition coefficient (Wildman–Crippen LogP) is 1.91. The summed E-state index contributed by atoms with van der Waals surface area (Å²) in [5.41, 5.74) is 0.769. The van der Waals surface area contributed by atoms with Gasteiger partial charge in [-0.1, -0.05) is 6.07 Å². The Balaban J connectivity index is 1.97. The monoisotopic (exact) mass is 282 g/mol. The molecule has 18 heavy (non-hydrogen) atoms. The number of thiophene rings is 1. The standard InChI is InChI=1S/C12H14N2O2S2/c1-8(6-15)13-11(16)5-9-7-18-12(14-9)10-3-2-4-17-10/h2-4,7-8,15H,5-6H2,1H3,(H,13,16). The number of aliphatic hydroxyl groups excluding tert-OH is 1. The van der Waals surface area contributed by atoms with Crippen LogP contribution in [0.25, 0.3) is 9.88 Å². The first-order valence-electron chi connectivity index (χ1n) is 5.57. The van der Waals surface area contributed by atoms with Crippen LogP contribution >= 0.6 is 22.7 Å². The number of nitrogens with one attached hydrogen (secondary N) is 1. The average Bonchev–Trinajstić information content (AvgIpc) is 2.98. The molecule has 0 radical (unpaired) electrons. The van der Waals surface area contributed by atoms with Gasteiger partial charge in [0.05, 0.1) is 23.6 Å². The minimum absolute atomic E-state index is 0.0523. The van der Waals surface area contributed by atoms with E-state index < -0.39 is 0 Å². The molecule has 96 valence electrons. The number of aliphatic hydroxyl groups is 1. The maximum absolute atomic E-state index is 11.6. The van der Waals surface area contributed by atoms with Crippen molar-refractivity contribution in [2.75, 3.05) is 6.61 Å². The van der Waals surface area contributed by atoms with E-state index in [9.17, 15) is 4.79 Å².